The molecule has 0 aromatic carbocycles. The van der Waals surface area contributed by atoms with Crippen molar-refractivity contribution < 1.29 is 5.11 Å². The maximum Gasteiger partial charge on any atom is 0.191 e. The van der Waals surface area contributed by atoms with E-state index in [1.165, 1.54) is 19.3 Å². The van der Waals surface area contributed by atoms with E-state index < -0.39 is 0 Å². The first-order valence-corrected chi connectivity index (χ1v) is 9.27. The summed E-state index contributed by atoms with van der Waals surface area (Å²) in [5.41, 5.74) is 0. The molecule has 20 heavy (non-hydrogen) atoms. The Morgan fingerprint density at radius 2 is 2.15 bits per heavy atom. The molecule has 2 aliphatic rings. The molecule has 0 bridgehead atoms. The van der Waals surface area contributed by atoms with E-state index in [4.69, 9.17) is 0 Å². The fourth-order valence-electron chi connectivity index (χ4n) is 3.24. The normalized spacial score (nSPS) is 34.5. The smallest absolute Gasteiger partial charge is 0.191 e. The fraction of sp³-hybridized carbons (Fsp3) is 0.933. The predicted octanol–water partition coefficient (Wildman–Crippen LogP) is 1.99. The van der Waals surface area contributed by atoms with Crippen molar-refractivity contribution >= 4 is 17.7 Å². The van der Waals surface area contributed by atoms with E-state index in [0.29, 0.717) is 12.0 Å². The summed E-state index contributed by atoms with van der Waals surface area (Å²) in [6.07, 6.45) is 9.04. The zero-order chi connectivity index (χ0) is 14.4. The Kier molecular flexibility index (Phi) is 6.49. The molecule has 0 heterocycles. The Hall–Kier alpha value is -0.420. The molecule has 5 heteroatoms. The molecule has 4 atom stereocenters. The summed E-state index contributed by atoms with van der Waals surface area (Å²) in [6, 6.07) is 0.554. The number of hydrogen-bond donors (Lipinski definition) is 3. The van der Waals surface area contributed by atoms with E-state index in [1.807, 2.05) is 11.8 Å². The molecule has 0 aromatic heterocycles. The van der Waals surface area contributed by atoms with Crippen LogP contribution in [0.15, 0.2) is 4.99 Å². The number of nitrogens with one attached hydrogen (secondary N) is 2. The molecule has 0 spiro atoms. The molecule has 2 aliphatic carbocycles. The molecular weight excluding hydrogens is 270 g/mol. The number of aliphatic hydroxyl groups excluding tert-OH is 1. The van der Waals surface area contributed by atoms with Crippen LogP contribution in [0.2, 0.25) is 0 Å². The van der Waals surface area contributed by atoms with E-state index in [1.54, 1.807) is 0 Å². The van der Waals surface area contributed by atoms with Crippen molar-refractivity contribution in [1.29, 1.82) is 0 Å². The highest BCUT2D eigenvalue weighted by Crippen LogP contribution is 2.28. The predicted molar refractivity (Wildman–Crippen MR) is 87.4 cm³/mol. The third kappa shape index (κ3) is 4.55. The second kappa shape index (κ2) is 8.13. The third-order valence-electron chi connectivity index (χ3n) is 4.51. The van der Waals surface area contributed by atoms with Crippen LogP contribution in [0.1, 0.15) is 45.4 Å². The van der Waals surface area contributed by atoms with Gasteiger partial charge in [0.1, 0.15) is 0 Å². The number of thioether (sulfide) groups is 1. The quantitative estimate of drug-likeness (QED) is 0.537. The van der Waals surface area contributed by atoms with Crippen LogP contribution in [0.3, 0.4) is 0 Å². The van der Waals surface area contributed by atoms with Crippen molar-refractivity contribution in [3.05, 3.63) is 0 Å². The van der Waals surface area contributed by atoms with Gasteiger partial charge in [0.05, 0.1) is 6.10 Å². The molecule has 0 radical (unpaired) electrons. The molecule has 2 saturated carbocycles. The molecule has 2 rings (SSSR count). The topological polar surface area (TPSA) is 56.7 Å². The number of guanidine groups is 1. The Balaban J connectivity index is 1.83. The maximum absolute atomic E-state index is 9.87. The maximum atomic E-state index is 9.87. The minimum absolute atomic E-state index is 0.144. The molecule has 0 aromatic rings. The lowest BCUT2D eigenvalue weighted by atomic mass is 10.1. The summed E-state index contributed by atoms with van der Waals surface area (Å²) >= 11 is 1.98. The number of nitrogens with zero attached hydrogens (tertiary/aromatic N) is 1. The second-order valence-corrected chi connectivity index (χ2v) is 7.13. The fourth-order valence-corrected chi connectivity index (χ4v) is 4.03. The summed E-state index contributed by atoms with van der Waals surface area (Å²) in [7, 11) is 0. The molecule has 116 valence electrons. The molecule has 2 fully saturated rings. The summed E-state index contributed by atoms with van der Waals surface area (Å²) < 4.78 is 0. The molecule has 0 aliphatic heterocycles. The van der Waals surface area contributed by atoms with E-state index in [9.17, 15) is 5.11 Å². The summed E-state index contributed by atoms with van der Waals surface area (Å²) in [6.45, 7) is 3.73. The van der Waals surface area contributed by atoms with Crippen LogP contribution in [-0.2, 0) is 0 Å². The molecule has 4 unspecified atom stereocenters. The Labute approximate surface area is 127 Å². The minimum atomic E-state index is -0.144. The average molecular weight is 299 g/mol. The molecular formula is C15H29N3OS. The van der Waals surface area contributed by atoms with Gasteiger partial charge in [-0.15, -0.1) is 0 Å². The lowest BCUT2D eigenvalue weighted by Crippen LogP contribution is -2.43. The van der Waals surface area contributed by atoms with Gasteiger partial charge in [-0.25, -0.2) is 0 Å². The molecule has 3 N–H and O–H groups in total. The van der Waals surface area contributed by atoms with Crippen LogP contribution in [0.25, 0.3) is 0 Å². The lowest BCUT2D eigenvalue weighted by molar-refractivity contribution is 0.136. The summed E-state index contributed by atoms with van der Waals surface area (Å²) in [5, 5.41) is 17.6. The monoisotopic (exact) mass is 299 g/mol. The number of rotatable bonds is 5. The van der Waals surface area contributed by atoms with Gasteiger partial charge in [-0.1, -0.05) is 6.42 Å². The van der Waals surface area contributed by atoms with Gasteiger partial charge >= 0.3 is 0 Å². The molecule has 0 saturated heterocycles. The highest BCUT2D eigenvalue weighted by atomic mass is 32.2. The first kappa shape index (κ1) is 16.0. The SMILES string of the molecule is CCNC(=NCC1CCCC1O)NC1CCC(SC)C1. The molecule has 0 amide bonds. The van der Waals surface area contributed by atoms with Crippen molar-refractivity contribution in [2.45, 2.75) is 62.8 Å². The standard InChI is InChI=1S/C15H29N3OS/c1-3-16-15(17-10-11-5-4-6-14(11)19)18-12-7-8-13(9-12)20-2/h11-14,19H,3-10H2,1-2H3,(H2,16,17,18). The van der Waals surface area contributed by atoms with Gasteiger partial charge in [-0.05, 0) is 45.3 Å². The zero-order valence-corrected chi connectivity index (χ0v) is 13.6. The first-order chi connectivity index (χ1) is 9.72. The van der Waals surface area contributed by atoms with Crippen molar-refractivity contribution in [3.63, 3.8) is 0 Å². The van der Waals surface area contributed by atoms with Crippen molar-refractivity contribution in [2.24, 2.45) is 10.9 Å². The number of aliphatic hydroxyl groups is 1. The van der Waals surface area contributed by atoms with Crippen LogP contribution < -0.4 is 10.6 Å². The Bertz CT molecular complexity index is 324. The third-order valence-corrected chi connectivity index (χ3v) is 5.60. The van der Waals surface area contributed by atoms with E-state index in [2.05, 4.69) is 28.8 Å². The van der Waals surface area contributed by atoms with Gasteiger partial charge in [0.2, 0.25) is 0 Å². The van der Waals surface area contributed by atoms with Crippen LogP contribution in [0, 0.1) is 5.92 Å². The highest BCUT2D eigenvalue weighted by molar-refractivity contribution is 7.99. The summed E-state index contributed by atoms with van der Waals surface area (Å²) in [4.78, 5) is 4.69. The number of hydrogen-bond acceptors (Lipinski definition) is 3. The van der Waals surface area contributed by atoms with E-state index >= 15 is 0 Å². The zero-order valence-electron chi connectivity index (χ0n) is 12.8. The van der Waals surface area contributed by atoms with Gasteiger partial charge in [0, 0.05) is 30.3 Å². The average Bonchev–Trinajstić information content (AvgIpc) is 3.05. The van der Waals surface area contributed by atoms with Crippen LogP contribution >= 0.6 is 11.8 Å². The van der Waals surface area contributed by atoms with Gasteiger partial charge in [0.25, 0.3) is 0 Å². The number of aliphatic imine (C=N–C) groups is 1. The van der Waals surface area contributed by atoms with Gasteiger partial charge < -0.3 is 15.7 Å². The van der Waals surface area contributed by atoms with Crippen molar-refractivity contribution in [2.75, 3.05) is 19.3 Å². The highest BCUT2D eigenvalue weighted by Gasteiger charge is 2.26. The van der Waals surface area contributed by atoms with Crippen LogP contribution in [0.4, 0.5) is 0 Å². The van der Waals surface area contributed by atoms with Crippen molar-refractivity contribution in [1.82, 2.24) is 10.6 Å². The minimum Gasteiger partial charge on any atom is -0.393 e. The van der Waals surface area contributed by atoms with Gasteiger partial charge in [-0.2, -0.15) is 11.8 Å². The van der Waals surface area contributed by atoms with E-state index in [-0.39, 0.29) is 6.10 Å². The second-order valence-electron chi connectivity index (χ2n) is 5.99. The Morgan fingerprint density at radius 1 is 1.30 bits per heavy atom. The van der Waals surface area contributed by atoms with E-state index in [0.717, 1.165) is 43.6 Å². The van der Waals surface area contributed by atoms with Gasteiger partial charge in [-0.3, -0.25) is 4.99 Å². The largest absolute Gasteiger partial charge is 0.393 e. The lowest BCUT2D eigenvalue weighted by Gasteiger charge is -2.18. The molecule has 4 nitrogen and oxygen atoms in total. The van der Waals surface area contributed by atoms with Crippen LogP contribution in [0.5, 0.6) is 0 Å². The van der Waals surface area contributed by atoms with Crippen molar-refractivity contribution in [3.8, 4) is 0 Å². The van der Waals surface area contributed by atoms with Gasteiger partial charge in [0.15, 0.2) is 5.96 Å². The Morgan fingerprint density at radius 3 is 2.75 bits per heavy atom. The first-order valence-electron chi connectivity index (χ1n) is 7.98. The van der Waals surface area contributed by atoms with Crippen LogP contribution in [-0.4, -0.2) is 47.8 Å². The summed E-state index contributed by atoms with van der Waals surface area (Å²) in [5.74, 6) is 1.28.